The number of aryl methyl sites for hydroxylation is 1. The van der Waals surface area contributed by atoms with Gasteiger partial charge in [-0.25, -0.2) is 0 Å². The Labute approximate surface area is 83.1 Å². The van der Waals surface area contributed by atoms with Crippen LogP contribution in [0.1, 0.15) is 37.3 Å². The lowest BCUT2D eigenvalue weighted by atomic mass is 9.86. The van der Waals surface area contributed by atoms with Gasteiger partial charge in [0.2, 0.25) is 0 Å². The normalized spacial score (nSPS) is 29.1. The van der Waals surface area contributed by atoms with Crippen molar-refractivity contribution in [3.05, 3.63) is 11.9 Å². The fraction of sp³-hybridized carbons (Fsp3) is 0.778. The number of alkyl halides is 1. The molecule has 0 saturated heterocycles. The standard InChI is InChI=1S/C9H14ClN3/c1-13-9(6-11-12-13)7-4-2-3-5-8(7)10/h6-8H,2-5H2,1H3. The lowest BCUT2D eigenvalue weighted by Crippen LogP contribution is -2.20. The molecule has 1 aromatic rings. The second kappa shape index (κ2) is 3.66. The quantitative estimate of drug-likeness (QED) is 0.649. The average Bonchev–Trinajstić information content (AvgIpc) is 2.52. The lowest BCUT2D eigenvalue weighted by molar-refractivity contribution is 0.430. The zero-order valence-electron chi connectivity index (χ0n) is 7.78. The molecule has 1 heterocycles. The summed E-state index contributed by atoms with van der Waals surface area (Å²) in [5.41, 5.74) is 1.18. The van der Waals surface area contributed by atoms with Crippen molar-refractivity contribution in [3.63, 3.8) is 0 Å². The van der Waals surface area contributed by atoms with Crippen LogP contribution in [0.15, 0.2) is 6.20 Å². The van der Waals surface area contributed by atoms with Gasteiger partial charge in [-0.2, -0.15) is 0 Å². The van der Waals surface area contributed by atoms with Crippen molar-refractivity contribution < 1.29 is 0 Å². The van der Waals surface area contributed by atoms with Crippen molar-refractivity contribution in [2.45, 2.75) is 37.0 Å². The molecule has 2 rings (SSSR count). The summed E-state index contributed by atoms with van der Waals surface area (Å²) in [6.45, 7) is 0. The van der Waals surface area contributed by atoms with Crippen molar-refractivity contribution >= 4 is 11.6 Å². The van der Waals surface area contributed by atoms with Gasteiger partial charge in [-0.3, -0.25) is 4.68 Å². The first kappa shape index (κ1) is 9.00. The van der Waals surface area contributed by atoms with Gasteiger partial charge >= 0.3 is 0 Å². The van der Waals surface area contributed by atoms with E-state index in [-0.39, 0.29) is 5.38 Å². The number of halogens is 1. The molecule has 1 fully saturated rings. The second-order valence-electron chi connectivity index (χ2n) is 3.69. The topological polar surface area (TPSA) is 30.7 Å². The summed E-state index contributed by atoms with van der Waals surface area (Å²) < 4.78 is 1.84. The average molecular weight is 200 g/mol. The Bertz CT molecular complexity index is 284. The lowest BCUT2D eigenvalue weighted by Gasteiger charge is -2.26. The van der Waals surface area contributed by atoms with E-state index in [0.717, 1.165) is 6.42 Å². The zero-order chi connectivity index (χ0) is 9.26. The van der Waals surface area contributed by atoms with Crippen molar-refractivity contribution in [2.75, 3.05) is 0 Å². The van der Waals surface area contributed by atoms with E-state index >= 15 is 0 Å². The van der Waals surface area contributed by atoms with Gasteiger partial charge in [0.25, 0.3) is 0 Å². The molecule has 0 radical (unpaired) electrons. The number of nitrogens with zero attached hydrogens (tertiary/aromatic N) is 3. The maximum atomic E-state index is 6.28. The first-order valence-corrected chi connectivity index (χ1v) is 5.21. The highest BCUT2D eigenvalue weighted by atomic mass is 35.5. The molecule has 0 aliphatic heterocycles. The predicted molar refractivity (Wildman–Crippen MR) is 51.9 cm³/mol. The molecule has 1 saturated carbocycles. The molecule has 13 heavy (non-hydrogen) atoms. The summed E-state index contributed by atoms with van der Waals surface area (Å²) in [5.74, 6) is 0.454. The van der Waals surface area contributed by atoms with Gasteiger partial charge in [0, 0.05) is 18.3 Å². The van der Waals surface area contributed by atoms with Crippen molar-refractivity contribution in [2.24, 2.45) is 7.05 Å². The highest BCUT2D eigenvalue weighted by molar-refractivity contribution is 6.21. The monoisotopic (exact) mass is 199 g/mol. The van der Waals surface area contributed by atoms with Gasteiger partial charge in [-0.15, -0.1) is 16.7 Å². The molecule has 1 aliphatic rings. The fourth-order valence-electron chi connectivity index (χ4n) is 2.05. The molecule has 0 aromatic carbocycles. The van der Waals surface area contributed by atoms with Gasteiger partial charge in [0.15, 0.2) is 0 Å². The number of rotatable bonds is 1. The van der Waals surface area contributed by atoms with E-state index in [4.69, 9.17) is 11.6 Å². The minimum absolute atomic E-state index is 0.269. The van der Waals surface area contributed by atoms with Gasteiger partial charge in [-0.1, -0.05) is 18.1 Å². The van der Waals surface area contributed by atoms with E-state index in [1.54, 1.807) is 0 Å². The molecule has 1 aliphatic carbocycles. The molecule has 0 bridgehead atoms. The Morgan fingerprint density at radius 2 is 2.23 bits per heavy atom. The van der Waals surface area contributed by atoms with Crippen molar-refractivity contribution in [1.29, 1.82) is 0 Å². The minimum atomic E-state index is 0.269. The Hall–Kier alpha value is -0.570. The molecular weight excluding hydrogens is 186 g/mol. The Morgan fingerprint density at radius 1 is 1.46 bits per heavy atom. The first-order valence-electron chi connectivity index (χ1n) is 4.77. The fourth-order valence-corrected chi connectivity index (χ4v) is 2.46. The highest BCUT2D eigenvalue weighted by Crippen LogP contribution is 2.35. The third-order valence-corrected chi connectivity index (χ3v) is 3.33. The summed E-state index contributed by atoms with van der Waals surface area (Å²) in [5, 5.41) is 8.09. The van der Waals surface area contributed by atoms with Crippen molar-refractivity contribution in [1.82, 2.24) is 15.0 Å². The molecule has 0 spiro atoms. The van der Waals surface area contributed by atoms with E-state index in [1.165, 1.54) is 25.0 Å². The summed E-state index contributed by atoms with van der Waals surface area (Å²) in [4.78, 5) is 0. The largest absolute Gasteiger partial charge is 0.252 e. The van der Waals surface area contributed by atoms with Crippen LogP contribution in [0.4, 0.5) is 0 Å². The van der Waals surface area contributed by atoms with E-state index in [2.05, 4.69) is 10.3 Å². The zero-order valence-corrected chi connectivity index (χ0v) is 8.54. The first-order chi connectivity index (χ1) is 6.29. The van der Waals surface area contributed by atoms with Crippen LogP contribution < -0.4 is 0 Å². The molecule has 3 nitrogen and oxygen atoms in total. The molecule has 2 atom stereocenters. The van der Waals surface area contributed by atoms with Gasteiger partial charge in [0.05, 0.1) is 11.9 Å². The van der Waals surface area contributed by atoms with Crippen LogP contribution in [0, 0.1) is 0 Å². The molecular formula is C9H14ClN3. The minimum Gasteiger partial charge on any atom is -0.252 e. The van der Waals surface area contributed by atoms with Gasteiger partial charge in [-0.05, 0) is 12.8 Å². The van der Waals surface area contributed by atoms with Crippen LogP contribution in [-0.2, 0) is 7.05 Å². The highest BCUT2D eigenvalue weighted by Gasteiger charge is 2.26. The third kappa shape index (κ3) is 1.70. The Morgan fingerprint density at radius 3 is 2.85 bits per heavy atom. The summed E-state index contributed by atoms with van der Waals surface area (Å²) in [6.07, 6.45) is 6.67. The predicted octanol–water partition coefficient (Wildman–Crippen LogP) is 2.08. The van der Waals surface area contributed by atoms with Crippen LogP contribution in [-0.4, -0.2) is 20.4 Å². The van der Waals surface area contributed by atoms with Crippen LogP contribution in [0.3, 0.4) is 0 Å². The molecule has 1 aromatic heterocycles. The van der Waals surface area contributed by atoms with E-state index in [0.29, 0.717) is 5.92 Å². The van der Waals surface area contributed by atoms with E-state index in [1.807, 2.05) is 17.9 Å². The molecule has 2 unspecified atom stereocenters. The molecule has 0 N–H and O–H groups in total. The maximum Gasteiger partial charge on any atom is 0.0728 e. The second-order valence-corrected chi connectivity index (χ2v) is 4.25. The number of hydrogen-bond acceptors (Lipinski definition) is 2. The molecule has 72 valence electrons. The molecule has 0 amide bonds. The third-order valence-electron chi connectivity index (χ3n) is 2.81. The van der Waals surface area contributed by atoms with Crippen LogP contribution in [0.25, 0.3) is 0 Å². The number of aromatic nitrogens is 3. The summed E-state index contributed by atoms with van der Waals surface area (Å²) in [6, 6.07) is 0. The van der Waals surface area contributed by atoms with E-state index < -0.39 is 0 Å². The van der Waals surface area contributed by atoms with Crippen LogP contribution in [0.2, 0.25) is 0 Å². The summed E-state index contributed by atoms with van der Waals surface area (Å²) >= 11 is 6.28. The van der Waals surface area contributed by atoms with Gasteiger partial charge < -0.3 is 0 Å². The Kier molecular flexibility index (Phi) is 2.54. The van der Waals surface area contributed by atoms with Gasteiger partial charge in [0.1, 0.15) is 0 Å². The number of hydrogen-bond donors (Lipinski definition) is 0. The molecule has 4 heteroatoms. The van der Waals surface area contributed by atoms with Crippen molar-refractivity contribution in [3.8, 4) is 0 Å². The van der Waals surface area contributed by atoms with E-state index in [9.17, 15) is 0 Å². The smallest absolute Gasteiger partial charge is 0.0728 e. The van der Waals surface area contributed by atoms with Crippen LogP contribution >= 0.6 is 11.6 Å². The Balaban J connectivity index is 2.19. The SMILES string of the molecule is Cn1nncc1C1CCCCC1Cl. The summed E-state index contributed by atoms with van der Waals surface area (Å²) in [7, 11) is 1.93. The maximum absolute atomic E-state index is 6.28. The van der Waals surface area contributed by atoms with Crippen LogP contribution in [0.5, 0.6) is 0 Å².